The van der Waals surface area contributed by atoms with Crippen molar-refractivity contribution in [3.8, 4) is 0 Å². The second-order valence-corrected chi connectivity index (χ2v) is 10.5. The van der Waals surface area contributed by atoms with Crippen LogP contribution in [0.25, 0.3) is 0 Å². The Morgan fingerprint density at radius 2 is 1.76 bits per heavy atom. The summed E-state index contributed by atoms with van der Waals surface area (Å²) >= 11 is 6.06. The van der Waals surface area contributed by atoms with Crippen LogP contribution in [0.3, 0.4) is 0 Å². The van der Waals surface area contributed by atoms with Gasteiger partial charge in [0.1, 0.15) is 11.4 Å². The second kappa shape index (κ2) is 9.97. The van der Waals surface area contributed by atoms with Crippen molar-refractivity contribution >= 4 is 17.6 Å². The number of alkyl halides is 3. The highest BCUT2D eigenvalue weighted by atomic mass is 35.5. The van der Waals surface area contributed by atoms with Crippen LogP contribution in [0.15, 0.2) is 66.9 Å². The number of fused-ring (bicyclic) bond motifs is 2. The van der Waals surface area contributed by atoms with Crippen LogP contribution in [0.2, 0.25) is 5.02 Å². The molecule has 0 saturated heterocycles. The zero-order valence-electron chi connectivity index (χ0n) is 19.9. The van der Waals surface area contributed by atoms with E-state index < -0.39 is 29.1 Å². The zero-order chi connectivity index (χ0) is 26.2. The van der Waals surface area contributed by atoms with E-state index in [0.717, 1.165) is 43.4 Å². The Morgan fingerprint density at radius 3 is 2.38 bits per heavy atom. The van der Waals surface area contributed by atoms with E-state index in [0.29, 0.717) is 22.9 Å². The van der Waals surface area contributed by atoms with Crippen molar-refractivity contribution in [1.82, 2.24) is 15.6 Å². The third-order valence-electron chi connectivity index (χ3n) is 7.58. The van der Waals surface area contributed by atoms with E-state index >= 15 is 0 Å². The van der Waals surface area contributed by atoms with Crippen LogP contribution in [0, 0.1) is 17.7 Å². The molecule has 2 aromatic carbocycles. The molecule has 0 spiro atoms. The maximum Gasteiger partial charge on any atom is 0.416 e. The molecule has 3 aromatic rings. The van der Waals surface area contributed by atoms with E-state index in [1.54, 1.807) is 36.4 Å². The van der Waals surface area contributed by atoms with Gasteiger partial charge in [0.15, 0.2) is 0 Å². The average Bonchev–Trinajstić information content (AvgIpc) is 3.47. The van der Waals surface area contributed by atoms with E-state index in [9.17, 15) is 22.4 Å². The summed E-state index contributed by atoms with van der Waals surface area (Å²) in [5.74, 6) is -0.0923. The van der Waals surface area contributed by atoms with Crippen LogP contribution in [0.1, 0.15) is 48.1 Å². The first-order chi connectivity index (χ1) is 17.6. The van der Waals surface area contributed by atoms with Gasteiger partial charge in [0, 0.05) is 18.7 Å². The topological polar surface area (TPSA) is 54.0 Å². The highest BCUT2D eigenvalue weighted by Gasteiger charge is 2.43. The summed E-state index contributed by atoms with van der Waals surface area (Å²) in [6, 6.07) is 13.9. The Balaban J connectivity index is 1.62. The Bertz CT molecular complexity index is 1270. The third-order valence-corrected chi connectivity index (χ3v) is 7.80. The zero-order valence-corrected chi connectivity index (χ0v) is 20.6. The summed E-state index contributed by atoms with van der Waals surface area (Å²) in [6.07, 6.45) is 0.749. The van der Waals surface area contributed by atoms with Crippen LogP contribution >= 0.6 is 11.6 Å². The van der Waals surface area contributed by atoms with Crippen LogP contribution in [-0.2, 0) is 18.1 Å². The molecule has 9 heteroatoms. The van der Waals surface area contributed by atoms with E-state index in [1.165, 1.54) is 6.20 Å². The molecule has 1 heterocycles. The predicted octanol–water partition coefficient (Wildman–Crippen LogP) is 6.87. The molecule has 37 heavy (non-hydrogen) atoms. The maximum absolute atomic E-state index is 14.7. The van der Waals surface area contributed by atoms with Gasteiger partial charge in [0.25, 0.3) is 0 Å². The van der Waals surface area contributed by atoms with Gasteiger partial charge in [-0.2, -0.15) is 13.2 Å². The summed E-state index contributed by atoms with van der Waals surface area (Å²) in [5.41, 5.74) is -1.87. The maximum atomic E-state index is 14.7. The van der Waals surface area contributed by atoms with Crippen molar-refractivity contribution in [2.24, 2.45) is 11.8 Å². The fraction of sp³-hybridized carbons (Fsp3) is 0.357. The molecule has 1 aromatic heterocycles. The van der Waals surface area contributed by atoms with Gasteiger partial charge >= 0.3 is 12.2 Å². The standard InChI is InChI=1S/C28H26ClF4N3O/c29-22-8-9-25(34-16-22)27(15-17-4-2-1-3-5-17,20-12-21(28(31,32)33)14-23(30)13-20)36-26(37)35-24-11-18-6-7-19(24)10-18/h1-5,8-9,12-14,16,18-19,24H,6-7,10-11,15H2,(H2,35,36,37)/t18-,19+,24+,27+/m0/s1. The van der Waals surface area contributed by atoms with Crippen molar-refractivity contribution in [2.75, 3.05) is 0 Å². The smallest absolute Gasteiger partial charge is 0.335 e. The summed E-state index contributed by atoms with van der Waals surface area (Å²) < 4.78 is 55.9. The molecule has 4 nitrogen and oxygen atoms in total. The number of halogens is 5. The summed E-state index contributed by atoms with van der Waals surface area (Å²) in [4.78, 5) is 17.9. The number of amides is 2. The molecule has 194 valence electrons. The number of pyridine rings is 1. The Kier molecular flexibility index (Phi) is 6.88. The largest absolute Gasteiger partial charge is 0.416 e. The number of carbonyl (C=O) groups is 1. The van der Waals surface area contributed by atoms with E-state index in [4.69, 9.17) is 11.6 Å². The SMILES string of the molecule is O=C(N[C@@H]1C[C@H]2CC[C@@H]1C2)N[C@](Cc1ccccc1)(c1cc(F)cc(C(F)(F)F)c1)c1ccc(Cl)cn1. The number of benzene rings is 2. The van der Waals surface area contributed by atoms with Crippen molar-refractivity contribution < 1.29 is 22.4 Å². The number of nitrogens with one attached hydrogen (secondary N) is 2. The normalized spacial score (nSPS) is 22.5. The molecule has 2 amide bonds. The Morgan fingerprint density at radius 1 is 1.00 bits per heavy atom. The first kappa shape index (κ1) is 25.5. The molecule has 0 aliphatic heterocycles. The number of nitrogens with zero attached hydrogens (tertiary/aromatic N) is 1. The van der Waals surface area contributed by atoms with Gasteiger partial charge in [0.2, 0.25) is 0 Å². The fourth-order valence-electron chi connectivity index (χ4n) is 5.87. The highest BCUT2D eigenvalue weighted by Crippen LogP contribution is 2.44. The van der Waals surface area contributed by atoms with Crippen LogP contribution in [0.5, 0.6) is 0 Å². The first-order valence-electron chi connectivity index (χ1n) is 12.3. The van der Waals surface area contributed by atoms with Crippen LogP contribution in [0.4, 0.5) is 22.4 Å². The molecule has 2 aliphatic carbocycles. The Labute approximate surface area is 217 Å². The van der Waals surface area contributed by atoms with E-state index in [-0.39, 0.29) is 23.7 Å². The molecule has 2 bridgehead atoms. The average molecular weight is 532 g/mol. The summed E-state index contributed by atoms with van der Waals surface area (Å²) in [7, 11) is 0. The van der Waals surface area contributed by atoms with Gasteiger partial charge in [-0.05, 0) is 72.6 Å². The van der Waals surface area contributed by atoms with Crippen molar-refractivity contribution in [3.05, 3.63) is 100 Å². The van der Waals surface area contributed by atoms with Crippen molar-refractivity contribution in [2.45, 2.75) is 49.9 Å². The van der Waals surface area contributed by atoms with Crippen LogP contribution in [-0.4, -0.2) is 17.1 Å². The number of aromatic nitrogens is 1. The molecule has 0 unspecified atom stereocenters. The number of carbonyl (C=O) groups excluding carboxylic acids is 1. The summed E-state index contributed by atoms with van der Waals surface area (Å²) in [6.45, 7) is 0. The first-order valence-corrected chi connectivity index (χ1v) is 12.6. The molecule has 2 fully saturated rings. The van der Waals surface area contributed by atoms with Gasteiger partial charge in [0.05, 0.1) is 16.3 Å². The van der Waals surface area contributed by atoms with Gasteiger partial charge in [-0.15, -0.1) is 0 Å². The lowest BCUT2D eigenvalue weighted by atomic mass is 9.79. The molecule has 2 N–H and O–H groups in total. The predicted molar refractivity (Wildman–Crippen MR) is 132 cm³/mol. The van der Waals surface area contributed by atoms with E-state index in [2.05, 4.69) is 15.6 Å². The third kappa shape index (κ3) is 5.44. The van der Waals surface area contributed by atoms with Gasteiger partial charge in [-0.1, -0.05) is 48.4 Å². The molecule has 4 atom stereocenters. The number of urea groups is 1. The molecule has 0 radical (unpaired) electrons. The molecule has 2 aliphatic rings. The minimum atomic E-state index is -4.78. The number of rotatable bonds is 6. The van der Waals surface area contributed by atoms with Crippen molar-refractivity contribution in [3.63, 3.8) is 0 Å². The lowest BCUT2D eigenvalue weighted by molar-refractivity contribution is -0.137. The molecule has 5 rings (SSSR count). The van der Waals surface area contributed by atoms with Gasteiger partial charge in [-0.25, -0.2) is 9.18 Å². The lowest BCUT2D eigenvalue weighted by Crippen LogP contribution is -2.55. The Hall–Kier alpha value is -3.13. The van der Waals surface area contributed by atoms with Gasteiger partial charge < -0.3 is 10.6 Å². The highest BCUT2D eigenvalue weighted by molar-refractivity contribution is 6.30. The van der Waals surface area contributed by atoms with Crippen LogP contribution < -0.4 is 10.6 Å². The lowest BCUT2D eigenvalue weighted by Gasteiger charge is -2.36. The minimum absolute atomic E-state index is 0.00963. The molecular formula is C28H26ClF4N3O. The molecule has 2 saturated carbocycles. The fourth-order valence-corrected chi connectivity index (χ4v) is 5.98. The van der Waals surface area contributed by atoms with Crippen molar-refractivity contribution in [1.29, 1.82) is 0 Å². The monoisotopic (exact) mass is 531 g/mol. The number of hydrogen-bond donors (Lipinski definition) is 2. The second-order valence-electron chi connectivity index (χ2n) is 10.0. The number of hydrogen-bond acceptors (Lipinski definition) is 2. The minimum Gasteiger partial charge on any atom is -0.335 e. The van der Waals surface area contributed by atoms with E-state index in [1.807, 2.05) is 6.07 Å². The quantitative estimate of drug-likeness (QED) is 0.341. The van der Waals surface area contributed by atoms with Gasteiger partial charge in [-0.3, -0.25) is 4.98 Å². The molecular weight excluding hydrogens is 506 g/mol. The summed E-state index contributed by atoms with van der Waals surface area (Å²) in [5, 5.41) is 6.29.